The first-order valence-electron chi connectivity index (χ1n) is 8.13. The fourth-order valence-corrected chi connectivity index (χ4v) is 3.16. The number of carbonyl (C=O) groups excluding carboxylic acids is 5. The summed E-state index contributed by atoms with van der Waals surface area (Å²) in [5.41, 5.74) is -2.12. The first-order chi connectivity index (χ1) is 12.1. The van der Waals surface area contributed by atoms with Crippen LogP contribution in [0.3, 0.4) is 0 Å². The summed E-state index contributed by atoms with van der Waals surface area (Å²) < 4.78 is 20.5. The van der Waals surface area contributed by atoms with Crippen LogP contribution in [0, 0.1) is 5.41 Å². The van der Waals surface area contributed by atoms with Crippen LogP contribution in [0.5, 0.6) is 0 Å². The number of methoxy groups -OCH3 is 1. The molecule has 1 aliphatic heterocycles. The second kappa shape index (κ2) is 8.88. The zero-order chi connectivity index (χ0) is 20.1. The van der Waals surface area contributed by atoms with Gasteiger partial charge in [-0.2, -0.15) is 0 Å². The summed E-state index contributed by atoms with van der Waals surface area (Å²) >= 11 is 0. The van der Waals surface area contributed by atoms with Gasteiger partial charge in [-0.1, -0.05) is 0 Å². The molecule has 0 aliphatic carbocycles. The smallest absolute Gasteiger partial charge is 0.329 e. The summed E-state index contributed by atoms with van der Waals surface area (Å²) in [6.07, 6.45) is -2.47. The molecule has 1 aliphatic rings. The highest BCUT2D eigenvalue weighted by Crippen LogP contribution is 2.37. The molecule has 0 aromatic heterocycles. The first-order valence-corrected chi connectivity index (χ1v) is 8.13. The normalized spacial score (nSPS) is 22.9. The van der Waals surface area contributed by atoms with Crippen LogP contribution in [0.4, 0.5) is 0 Å². The Bertz CT molecular complexity index is 581. The molecule has 1 saturated heterocycles. The molecule has 0 bridgehead atoms. The van der Waals surface area contributed by atoms with E-state index in [4.69, 9.17) is 14.2 Å². The highest BCUT2D eigenvalue weighted by molar-refractivity contribution is 6.21. The maximum absolute atomic E-state index is 12.3. The van der Waals surface area contributed by atoms with Crippen molar-refractivity contribution in [2.75, 3.05) is 13.7 Å². The molecule has 1 heterocycles. The Kier molecular flexibility index (Phi) is 7.43. The predicted molar refractivity (Wildman–Crippen MR) is 85.9 cm³/mol. The fourth-order valence-electron chi connectivity index (χ4n) is 3.16. The van der Waals surface area contributed by atoms with Gasteiger partial charge in [0.05, 0.1) is 13.2 Å². The predicted octanol–water partition coefficient (Wildman–Crippen LogP) is 0.366. The van der Waals surface area contributed by atoms with Crippen LogP contribution in [0.2, 0.25) is 0 Å². The van der Waals surface area contributed by atoms with E-state index in [2.05, 4.69) is 4.74 Å². The van der Waals surface area contributed by atoms with Crippen molar-refractivity contribution >= 4 is 29.5 Å². The van der Waals surface area contributed by atoms with E-state index in [0.717, 1.165) is 21.0 Å². The molecule has 9 heteroatoms. The number of ketones is 2. The van der Waals surface area contributed by atoms with Crippen LogP contribution in [0.1, 0.15) is 40.5 Å². The van der Waals surface area contributed by atoms with Gasteiger partial charge in [-0.3, -0.25) is 24.0 Å². The van der Waals surface area contributed by atoms with Crippen molar-refractivity contribution in [3.8, 4) is 0 Å². The zero-order valence-corrected chi connectivity index (χ0v) is 15.5. The van der Waals surface area contributed by atoms with E-state index in [0.29, 0.717) is 0 Å². The third-order valence-corrected chi connectivity index (χ3v) is 4.34. The summed E-state index contributed by atoms with van der Waals surface area (Å²) in [5, 5.41) is 0. The van der Waals surface area contributed by atoms with E-state index < -0.39 is 53.2 Å². The molecular formula is C17H24O9. The molecule has 0 amide bonds. The summed E-state index contributed by atoms with van der Waals surface area (Å²) in [5.74, 6) is -3.56. The Hall–Kier alpha value is -2.29. The fraction of sp³-hybridized carbons (Fsp3) is 0.706. The van der Waals surface area contributed by atoms with Crippen molar-refractivity contribution in [1.82, 2.24) is 0 Å². The van der Waals surface area contributed by atoms with Crippen molar-refractivity contribution < 1.29 is 42.9 Å². The van der Waals surface area contributed by atoms with Gasteiger partial charge < -0.3 is 18.9 Å². The van der Waals surface area contributed by atoms with Gasteiger partial charge in [0.1, 0.15) is 18.8 Å². The van der Waals surface area contributed by atoms with Crippen LogP contribution in [0.15, 0.2) is 0 Å². The van der Waals surface area contributed by atoms with Crippen LogP contribution >= 0.6 is 0 Å². The number of rotatable bonds is 7. The highest BCUT2D eigenvalue weighted by atomic mass is 16.6. The SMILES string of the molecule is COC(=O)C(C(C)=O)(C(C)=O)[C@@H]1CCC(OC(C)=O)C(COC(C)=O)O1. The molecule has 2 unspecified atom stereocenters. The van der Waals surface area contributed by atoms with Crippen molar-refractivity contribution in [3.63, 3.8) is 0 Å². The standard InChI is InChI=1S/C17H24O9/c1-9(18)17(10(2)19,16(22)23-5)15-7-6-13(25-12(4)21)14(26-15)8-24-11(3)20/h13-15H,6-8H2,1-5H3/t13?,14?,15-/m0/s1. The lowest BCUT2D eigenvalue weighted by Gasteiger charge is -2.41. The lowest BCUT2D eigenvalue weighted by Crippen LogP contribution is -2.59. The minimum Gasteiger partial charge on any atom is -0.468 e. The second-order valence-corrected chi connectivity index (χ2v) is 6.10. The van der Waals surface area contributed by atoms with Crippen LogP contribution in [-0.2, 0) is 42.9 Å². The number of ether oxygens (including phenoxy) is 4. The maximum atomic E-state index is 12.3. The monoisotopic (exact) mass is 372 g/mol. The van der Waals surface area contributed by atoms with Crippen LogP contribution in [-0.4, -0.2) is 61.5 Å². The number of hydrogen-bond donors (Lipinski definition) is 0. The average molecular weight is 372 g/mol. The minimum atomic E-state index is -2.12. The van der Waals surface area contributed by atoms with Gasteiger partial charge in [0.15, 0.2) is 11.6 Å². The molecular weight excluding hydrogens is 348 g/mol. The van der Waals surface area contributed by atoms with Crippen molar-refractivity contribution in [3.05, 3.63) is 0 Å². The minimum absolute atomic E-state index is 0.1000. The number of Topliss-reactive ketones (excluding diaryl/α,β-unsaturated/α-hetero) is 2. The molecule has 0 saturated carbocycles. The lowest BCUT2D eigenvalue weighted by molar-refractivity contribution is -0.205. The molecule has 0 spiro atoms. The van der Waals surface area contributed by atoms with E-state index in [-0.39, 0.29) is 19.4 Å². The van der Waals surface area contributed by atoms with Gasteiger partial charge in [0.25, 0.3) is 0 Å². The van der Waals surface area contributed by atoms with E-state index in [1.807, 2.05) is 0 Å². The molecule has 0 aromatic rings. The maximum Gasteiger partial charge on any atom is 0.329 e. The largest absolute Gasteiger partial charge is 0.468 e. The van der Waals surface area contributed by atoms with E-state index in [9.17, 15) is 24.0 Å². The number of carbonyl (C=O) groups is 5. The quantitative estimate of drug-likeness (QED) is 0.354. The molecule has 26 heavy (non-hydrogen) atoms. The molecule has 9 nitrogen and oxygen atoms in total. The summed E-state index contributed by atoms with van der Waals surface area (Å²) in [6.45, 7) is 4.39. The Balaban J connectivity index is 3.20. The van der Waals surface area contributed by atoms with Gasteiger partial charge in [0.2, 0.25) is 5.41 Å². The van der Waals surface area contributed by atoms with Crippen molar-refractivity contribution in [2.45, 2.75) is 58.8 Å². The Morgan fingerprint density at radius 3 is 1.96 bits per heavy atom. The molecule has 146 valence electrons. The van der Waals surface area contributed by atoms with E-state index >= 15 is 0 Å². The number of esters is 3. The molecule has 1 rings (SSSR count). The van der Waals surface area contributed by atoms with Gasteiger partial charge >= 0.3 is 17.9 Å². The summed E-state index contributed by atoms with van der Waals surface area (Å²) in [6, 6.07) is 0. The van der Waals surface area contributed by atoms with Gasteiger partial charge in [-0.15, -0.1) is 0 Å². The first kappa shape index (κ1) is 21.8. The highest BCUT2D eigenvalue weighted by Gasteiger charge is 2.58. The van der Waals surface area contributed by atoms with Gasteiger partial charge in [-0.25, -0.2) is 0 Å². The average Bonchev–Trinajstić information content (AvgIpc) is 2.53. The topological polar surface area (TPSA) is 122 Å². The van der Waals surface area contributed by atoms with Gasteiger partial charge in [-0.05, 0) is 26.7 Å². The Morgan fingerprint density at radius 2 is 1.54 bits per heavy atom. The molecule has 3 atom stereocenters. The Labute approximate surface area is 151 Å². The van der Waals surface area contributed by atoms with E-state index in [1.54, 1.807) is 0 Å². The summed E-state index contributed by atoms with van der Waals surface area (Å²) in [4.78, 5) is 59.2. The second-order valence-electron chi connectivity index (χ2n) is 6.10. The van der Waals surface area contributed by atoms with Crippen molar-refractivity contribution in [1.29, 1.82) is 0 Å². The van der Waals surface area contributed by atoms with Crippen LogP contribution in [0.25, 0.3) is 0 Å². The third-order valence-electron chi connectivity index (χ3n) is 4.34. The molecule has 0 aromatic carbocycles. The molecule has 0 radical (unpaired) electrons. The number of hydrogen-bond acceptors (Lipinski definition) is 9. The van der Waals surface area contributed by atoms with E-state index in [1.165, 1.54) is 13.8 Å². The zero-order valence-electron chi connectivity index (χ0n) is 15.5. The lowest BCUT2D eigenvalue weighted by atomic mass is 9.72. The molecule has 1 fully saturated rings. The van der Waals surface area contributed by atoms with Gasteiger partial charge in [0, 0.05) is 13.8 Å². The third kappa shape index (κ3) is 4.46. The van der Waals surface area contributed by atoms with Crippen molar-refractivity contribution in [2.24, 2.45) is 5.41 Å². The molecule has 0 N–H and O–H groups in total. The summed E-state index contributed by atoms with van der Waals surface area (Å²) in [7, 11) is 1.07. The Morgan fingerprint density at radius 1 is 0.962 bits per heavy atom. The van der Waals surface area contributed by atoms with Crippen LogP contribution < -0.4 is 0 Å².